The fraction of sp³-hybridized carbons (Fsp3) is 0.308. The number of hydrogen-bond donors (Lipinski definition) is 0. The molecule has 5 heteroatoms. The average molecular weight is 252 g/mol. The van der Waals surface area contributed by atoms with Crippen LogP contribution in [0.4, 0.5) is 0 Å². The second kappa shape index (κ2) is 7.21. The van der Waals surface area contributed by atoms with E-state index in [4.69, 9.17) is 18.9 Å². The predicted molar refractivity (Wildman–Crippen MR) is 65.9 cm³/mol. The van der Waals surface area contributed by atoms with Gasteiger partial charge in [-0.1, -0.05) is 0 Å². The Kier molecular flexibility index (Phi) is 5.57. The van der Waals surface area contributed by atoms with E-state index in [0.717, 1.165) is 0 Å². The minimum atomic E-state index is -0.452. The van der Waals surface area contributed by atoms with E-state index in [1.807, 2.05) is 0 Å². The smallest absolute Gasteiger partial charge is 0.333 e. The van der Waals surface area contributed by atoms with Crippen molar-refractivity contribution in [2.75, 3.05) is 20.8 Å². The van der Waals surface area contributed by atoms with Crippen molar-refractivity contribution >= 4 is 5.97 Å². The van der Waals surface area contributed by atoms with Gasteiger partial charge in [0.2, 0.25) is 0 Å². The van der Waals surface area contributed by atoms with Crippen LogP contribution >= 0.6 is 0 Å². The molecule has 0 saturated carbocycles. The monoisotopic (exact) mass is 252 g/mol. The first-order chi connectivity index (χ1) is 8.69. The Balaban J connectivity index is 2.69. The minimum Gasteiger partial charge on any atom is -0.496 e. The molecule has 98 valence electrons. The molecule has 1 aromatic rings. The second-order valence-corrected chi connectivity index (χ2v) is 3.22. The van der Waals surface area contributed by atoms with Crippen molar-refractivity contribution in [1.82, 2.24) is 0 Å². The number of carbonyl (C=O) groups excluding carboxylic acids is 1. The van der Waals surface area contributed by atoms with E-state index in [-0.39, 0.29) is 0 Å². The van der Waals surface area contributed by atoms with E-state index in [1.165, 1.54) is 12.3 Å². The zero-order valence-electron chi connectivity index (χ0n) is 10.6. The largest absolute Gasteiger partial charge is 0.496 e. The van der Waals surface area contributed by atoms with Crippen molar-refractivity contribution in [3.8, 4) is 17.2 Å². The van der Waals surface area contributed by atoms with E-state index in [9.17, 15) is 4.79 Å². The highest BCUT2D eigenvalue weighted by Crippen LogP contribution is 2.27. The third kappa shape index (κ3) is 4.37. The van der Waals surface area contributed by atoms with E-state index in [2.05, 4.69) is 0 Å². The summed E-state index contributed by atoms with van der Waals surface area (Å²) in [6, 6.07) is 5.08. The Labute approximate surface area is 106 Å². The third-order valence-corrected chi connectivity index (χ3v) is 2.02. The maximum Gasteiger partial charge on any atom is 0.333 e. The van der Waals surface area contributed by atoms with Crippen LogP contribution in [0.2, 0.25) is 0 Å². The molecule has 0 fully saturated rings. The highest BCUT2D eigenvalue weighted by atomic mass is 16.5. The molecule has 0 aliphatic rings. The molecule has 0 aliphatic heterocycles. The van der Waals surface area contributed by atoms with Crippen LogP contribution in [0, 0.1) is 0 Å². The average Bonchev–Trinajstić information content (AvgIpc) is 2.38. The van der Waals surface area contributed by atoms with Crippen molar-refractivity contribution in [1.29, 1.82) is 0 Å². The Morgan fingerprint density at radius 2 is 1.67 bits per heavy atom. The van der Waals surface area contributed by atoms with Crippen LogP contribution in [0.3, 0.4) is 0 Å². The van der Waals surface area contributed by atoms with Gasteiger partial charge in [-0.05, 0) is 6.92 Å². The van der Waals surface area contributed by atoms with E-state index in [1.54, 1.807) is 39.3 Å². The predicted octanol–water partition coefficient (Wildman–Crippen LogP) is 2.16. The highest BCUT2D eigenvalue weighted by molar-refractivity contribution is 5.81. The summed E-state index contributed by atoms with van der Waals surface area (Å²) in [6.45, 7) is 2.07. The molecule has 0 saturated heterocycles. The zero-order valence-corrected chi connectivity index (χ0v) is 10.6. The summed E-state index contributed by atoms with van der Waals surface area (Å²) in [4.78, 5) is 11.0. The molecular weight excluding hydrogens is 236 g/mol. The van der Waals surface area contributed by atoms with E-state index >= 15 is 0 Å². The molecule has 0 spiro atoms. The van der Waals surface area contributed by atoms with Gasteiger partial charge in [-0.2, -0.15) is 0 Å². The number of rotatable bonds is 6. The van der Waals surface area contributed by atoms with Crippen LogP contribution in [-0.2, 0) is 9.53 Å². The molecule has 0 unspecified atom stereocenters. The maximum atomic E-state index is 11.0. The van der Waals surface area contributed by atoms with Gasteiger partial charge in [0.1, 0.15) is 17.2 Å². The molecule has 0 aromatic heterocycles. The Bertz CT molecular complexity index is 403. The number of ether oxygens (including phenoxy) is 4. The SMILES string of the molecule is CCOC(=O)/C=C\Oc1cc(OC)cc(OC)c1. The Morgan fingerprint density at radius 3 is 2.17 bits per heavy atom. The Morgan fingerprint density at radius 1 is 1.11 bits per heavy atom. The number of carbonyl (C=O) groups is 1. The van der Waals surface area contributed by atoms with Gasteiger partial charge in [0.05, 0.1) is 33.2 Å². The van der Waals surface area contributed by atoms with Gasteiger partial charge in [0, 0.05) is 18.2 Å². The Hall–Kier alpha value is -2.17. The fourth-order valence-electron chi connectivity index (χ4n) is 1.21. The van der Waals surface area contributed by atoms with Crippen molar-refractivity contribution in [2.45, 2.75) is 6.92 Å². The standard InChI is InChI=1S/C13H16O5/c1-4-17-13(14)5-6-18-12-8-10(15-2)7-11(9-12)16-3/h5-9H,4H2,1-3H3/b6-5-. The van der Waals surface area contributed by atoms with E-state index < -0.39 is 5.97 Å². The summed E-state index contributed by atoms with van der Waals surface area (Å²) in [6.07, 6.45) is 2.46. The molecule has 0 aliphatic carbocycles. The van der Waals surface area contributed by atoms with Gasteiger partial charge < -0.3 is 18.9 Å². The lowest BCUT2D eigenvalue weighted by atomic mass is 10.3. The van der Waals surface area contributed by atoms with Gasteiger partial charge in [-0.25, -0.2) is 4.79 Å². The van der Waals surface area contributed by atoms with Crippen LogP contribution in [0.25, 0.3) is 0 Å². The summed E-state index contributed by atoms with van der Waals surface area (Å²) in [5.74, 6) is 1.27. The van der Waals surface area contributed by atoms with E-state index in [0.29, 0.717) is 23.9 Å². The molecule has 1 aromatic carbocycles. The van der Waals surface area contributed by atoms with Crippen molar-refractivity contribution in [2.24, 2.45) is 0 Å². The molecule has 0 heterocycles. The van der Waals surface area contributed by atoms with Crippen LogP contribution in [0.1, 0.15) is 6.92 Å². The molecule has 1 rings (SSSR count). The van der Waals surface area contributed by atoms with Crippen molar-refractivity contribution in [3.05, 3.63) is 30.5 Å². The third-order valence-electron chi connectivity index (χ3n) is 2.02. The lowest BCUT2D eigenvalue weighted by Crippen LogP contribution is -1.99. The van der Waals surface area contributed by atoms with Gasteiger partial charge in [-0.3, -0.25) is 0 Å². The number of benzene rings is 1. The van der Waals surface area contributed by atoms with Gasteiger partial charge in [0.25, 0.3) is 0 Å². The quantitative estimate of drug-likeness (QED) is 0.441. The van der Waals surface area contributed by atoms with Crippen LogP contribution in [-0.4, -0.2) is 26.8 Å². The summed E-state index contributed by atoms with van der Waals surface area (Å²) in [5, 5.41) is 0. The lowest BCUT2D eigenvalue weighted by molar-refractivity contribution is -0.137. The molecule has 0 radical (unpaired) electrons. The van der Waals surface area contributed by atoms with Crippen LogP contribution in [0.5, 0.6) is 17.2 Å². The second-order valence-electron chi connectivity index (χ2n) is 3.22. The molecule has 0 bridgehead atoms. The molecular formula is C13H16O5. The fourth-order valence-corrected chi connectivity index (χ4v) is 1.21. The first kappa shape index (κ1) is 13.9. The van der Waals surface area contributed by atoms with Gasteiger partial charge in [0.15, 0.2) is 0 Å². The summed E-state index contributed by atoms with van der Waals surface area (Å²) in [5.41, 5.74) is 0. The highest BCUT2D eigenvalue weighted by Gasteiger charge is 2.02. The zero-order chi connectivity index (χ0) is 13.4. The molecule has 18 heavy (non-hydrogen) atoms. The van der Waals surface area contributed by atoms with Gasteiger partial charge >= 0.3 is 5.97 Å². The first-order valence-corrected chi connectivity index (χ1v) is 5.42. The first-order valence-electron chi connectivity index (χ1n) is 5.42. The lowest BCUT2D eigenvalue weighted by Gasteiger charge is -2.07. The molecule has 0 atom stereocenters. The number of hydrogen-bond acceptors (Lipinski definition) is 5. The van der Waals surface area contributed by atoms with Gasteiger partial charge in [-0.15, -0.1) is 0 Å². The van der Waals surface area contributed by atoms with Crippen molar-refractivity contribution in [3.63, 3.8) is 0 Å². The van der Waals surface area contributed by atoms with Crippen LogP contribution < -0.4 is 14.2 Å². The molecule has 5 nitrogen and oxygen atoms in total. The van der Waals surface area contributed by atoms with Crippen molar-refractivity contribution < 1.29 is 23.7 Å². The topological polar surface area (TPSA) is 54.0 Å². The summed E-state index contributed by atoms with van der Waals surface area (Å²) in [7, 11) is 3.10. The summed E-state index contributed by atoms with van der Waals surface area (Å²) < 4.78 is 20.2. The molecule has 0 amide bonds. The number of methoxy groups -OCH3 is 2. The minimum absolute atomic E-state index is 0.330. The molecule has 0 N–H and O–H groups in total. The van der Waals surface area contributed by atoms with Crippen LogP contribution in [0.15, 0.2) is 30.5 Å². The number of esters is 1. The maximum absolute atomic E-state index is 11.0. The summed E-state index contributed by atoms with van der Waals surface area (Å²) >= 11 is 0. The normalized spacial score (nSPS) is 10.2.